The van der Waals surface area contributed by atoms with Crippen LogP contribution in [0, 0.1) is 0 Å². The summed E-state index contributed by atoms with van der Waals surface area (Å²) in [4.78, 5) is 22.0. The molecule has 0 unspecified atom stereocenters. The molecule has 1 aromatic rings. The van der Waals surface area contributed by atoms with Gasteiger partial charge in [0.2, 0.25) is 5.91 Å². The van der Waals surface area contributed by atoms with E-state index in [0.29, 0.717) is 12.0 Å². The number of hydrogen-bond acceptors (Lipinski definition) is 2. The summed E-state index contributed by atoms with van der Waals surface area (Å²) in [5, 5.41) is 2.82. The van der Waals surface area contributed by atoms with Crippen LogP contribution in [-0.4, -0.2) is 12.2 Å². The molecule has 0 saturated heterocycles. The van der Waals surface area contributed by atoms with Crippen LogP contribution in [0.5, 0.6) is 0 Å². The lowest BCUT2D eigenvalue weighted by Gasteiger charge is -2.05. The SMILES string of the molecule is CCCCCCC(=O)Nc1ccc(C=O)cc1. The number of benzene rings is 1. The first-order valence-corrected chi connectivity index (χ1v) is 6.11. The molecule has 1 N–H and O–H groups in total. The van der Waals surface area contributed by atoms with Crippen LogP contribution in [0.3, 0.4) is 0 Å². The maximum Gasteiger partial charge on any atom is 0.224 e. The standard InChI is InChI=1S/C14H19NO2/c1-2-3-4-5-6-14(17)15-13-9-7-12(11-16)8-10-13/h7-11H,2-6H2,1H3,(H,15,17). The number of carbonyl (C=O) groups excluding carboxylic acids is 2. The summed E-state index contributed by atoms with van der Waals surface area (Å²) in [5.41, 5.74) is 1.36. The predicted molar refractivity (Wildman–Crippen MR) is 69.2 cm³/mol. The van der Waals surface area contributed by atoms with Gasteiger partial charge in [0.05, 0.1) is 0 Å². The van der Waals surface area contributed by atoms with Gasteiger partial charge in [-0.2, -0.15) is 0 Å². The lowest BCUT2D eigenvalue weighted by Crippen LogP contribution is -2.10. The van der Waals surface area contributed by atoms with E-state index in [4.69, 9.17) is 0 Å². The lowest BCUT2D eigenvalue weighted by atomic mass is 10.1. The Kier molecular flexibility index (Phi) is 6.00. The molecule has 92 valence electrons. The summed E-state index contributed by atoms with van der Waals surface area (Å²) in [7, 11) is 0. The van der Waals surface area contributed by atoms with Gasteiger partial charge in [0.25, 0.3) is 0 Å². The van der Waals surface area contributed by atoms with Crippen LogP contribution in [0.1, 0.15) is 49.4 Å². The summed E-state index contributed by atoms with van der Waals surface area (Å²) in [6.45, 7) is 2.15. The van der Waals surface area contributed by atoms with Crippen molar-refractivity contribution < 1.29 is 9.59 Å². The van der Waals surface area contributed by atoms with E-state index >= 15 is 0 Å². The van der Waals surface area contributed by atoms with Crippen molar-refractivity contribution in [3.05, 3.63) is 29.8 Å². The number of carbonyl (C=O) groups is 2. The Balaban J connectivity index is 2.32. The molecule has 1 rings (SSSR count). The number of anilines is 1. The number of unbranched alkanes of at least 4 members (excludes halogenated alkanes) is 3. The van der Waals surface area contributed by atoms with E-state index in [9.17, 15) is 9.59 Å². The second kappa shape index (κ2) is 7.60. The minimum Gasteiger partial charge on any atom is -0.326 e. The number of rotatable bonds is 7. The van der Waals surface area contributed by atoms with E-state index in [1.54, 1.807) is 24.3 Å². The first-order chi connectivity index (χ1) is 8.26. The average Bonchev–Trinajstić information content (AvgIpc) is 2.36. The van der Waals surface area contributed by atoms with Crippen molar-refractivity contribution in [2.45, 2.75) is 39.0 Å². The molecular formula is C14H19NO2. The lowest BCUT2D eigenvalue weighted by molar-refractivity contribution is -0.116. The zero-order valence-electron chi connectivity index (χ0n) is 10.2. The van der Waals surface area contributed by atoms with Gasteiger partial charge in [-0.25, -0.2) is 0 Å². The Morgan fingerprint density at radius 3 is 2.47 bits per heavy atom. The molecule has 3 heteroatoms. The summed E-state index contributed by atoms with van der Waals surface area (Å²) < 4.78 is 0. The first-order valence-electron chi connectivity index (χ1n) is 6.11. The zero-order chi connectivity index (χ0) is 12.5. The summed E-state index contributed by atoms with van der Waals surface area (Å²) in [5.74, 6) is 0.0416. The fourth-order valence-corrected chi connectivity index (χ4v) is 1.58. The van der Waals surface area contributed by atoms with Gasteiger partial charge in [0.1, 0.15) is 6.29 Å². The van der Waals surface area contributed by atoms with E-state index < -0.39 is 0 Å². The van der Waals surface area contributed by atoms with Crippen molar-refractivity contribution in [3.63, 3.8) is 0 Å². The van der Waals surface area contributed by atoms with Crippen LogP contribution >= 0.6 is 0 Å². The highest BCUT2D eigenvalue weighted by Gasteiger charge is 2.01. The third-order valence-corrected chi connectivity index (χ3v) is 2.59. The molecule has 1 aromatic carbocycles. The average molecular weight is 233 g/mol. The highest BCUT2D eigenvalue weighted by molar-refractivity contribution is 5.91. The third kappa shape index (κ3) is 5.29. The number of aldehydes is 1. The summed E-state index contributed by atoms with van der Waals surface area (Å²) in [6, 6.07) is 6.88. The van der Waals surface area contributed by atoms with Gasteiger partial charge in [0, 0.05) is 17.7 Å². The van der Waals surface area contributed by atoms with Gasteiger partial charge in [0.15, 0.2) is 0 Å². The van der Waals surface area contributed by atoms with Crippen molar-refractivity contribution in [2.75, 3.05) is 5.32 Å². The molecule has 0 spiro atoms. The largest absolute Gasteiger partial charge is 0.326 e. The Bertz CT molecular complexity index is 357. The van der Waals surface area contributed by atoms with E-state index in [1.807, 2.05) is 0 Å². The minimum absolute atomic E-state index is 0.0416. The maximum atomic E-state index is 11.5. The minimum atomic E-state index is 0.0416. The normalized spacial score (nSPS) is 9.94. The molecule has 1 amide bonds. The van der Waals surface area contributed by atoms with Crippen molar-refractivity contribution in [2.24, 2.45) is 0 Å². The number of nitrogens with one attached hydrogen (secondary N) is 1. The van der Waals surface area contributed by atoms with Crippen LogP contribution in [0.4, 0.5) is 5.69 Å². The Morgan fingerprint density at radius 1 is 1.18 bits per heavy atom. The molecule has 0 bridgehead atoms. The van der Waals surface area contributed by atoms with Crippen LogP contribution < -0.4 is 5.32 Å². The quantitative estimate of drug-likeness (QED) is 0.579. The second-order valence-corrected chi connectivity index (χ2v) is 4.10. The third-order valence-electron chi connectivity index (χ3n) is 2.59. The van der Waals surface area contributed by atoms with Crippen molar-refractivity contribution >= 4 is 17.9 Å². The highest BCUT2D eigenvalue weighted by Crippen LogP contribution is 2.10. The second-order valence-electron chi connectivity index (χ2n) is 4.10. The van der Waals surface area contributed by atoms with Gasteiger partial charge in [-0.15, -0.1) is 0 Å². The van der Waals surface area contributed by atoms with Crippen LogP contribution in [0.25, 0.3) is 0 Å². The Hall–Kier alpha value is -1.64. The molecule has 0 aromatic heterocycles. The molecule has 0 heterocycles. The fourth-order valence-electron chi connectivity index (χ4n) is 1.58. The topological polar surface area (TPSA) is 46.2 Å². The summed E-state index contributed by atoms with van der Waals surface area (Å²) >= 11 is 0. The van der Waals surface area contributed by atoms with E-state index in [1.165, 1.54) is 12.8 Å². The van der Waals surface area contributed by atoms with Gasteiger partial charge >= 0.3 is 0 Å². The Labute approximate surface area is 102 Å². The van der Waals surface area contributed by atoms with Gasteiger partial charge in [-0.3, -0.25) is 9.59 Å². The Morgan fingerprint density at radius 2 is 1.88 bits per heavy atom. The van der Waals surface area contributed by atoms with Crippen LogP contribution in [0.15, 0.2) is 24.3 Å². The molecule has 3 nitrogen and oxygen atoms in total. The van der Waals surface area contributed by atoms with Crippen molar-refractivity contribution in [3.8, 4) is 0 Å². The smallest absolute Gasteiger partial charge is 0.224 e. The van der Waals surface area contributed by atoms with Gasteiger partial charge in [-0.05, 0) is 30.7 Å². The molecule has 17 heavy (non-hydrogen) atoms. The summed E-state index contributed by atoms with van der Waals surface area (Å²) in [6.07, 6.45) is 5.75. The van der Waals surface area contributed by atoms with Crippen LogP contribution in [-0.2, 0) is 4.79 Å². The molecule has 0 aliphatic carbocycles. The van der Waals surface area contributed by atoms with E-state index in [0.717, 1.165) is 24.8 Å². The molecule has 0 aliphatic heterocycles. The number of hydrogen-bond donors (Lipinski definition) is 1. The van der Waals surface area contributed by atoms with Crippen molar-refractivity contribution in [1.82, 2.24) is 0 Å². The monoisotopic (exact) mass is 233 g/mol. The molecule has 0 fully saturated rings. The van der Waals surface area contributed by atoms with Gasteiger partial charge in [-0.1, -0.05) is 26.2 Å². The van der Waals surface area contributed by atoms with Crippen LogP contribution in [0.2, 0.25) is 0 Å². The maximum absolute atomic E-state index is 11.5. The van der Waals surface area contributed by atoms with Crippen molar-refractivity contribution in [1.29, 1.82) is 0 Å². The zero-order valence-corrected chi connectivity index (χ0v) is 10.2. The molecule has 0 radical (unpaired) electrons. The first kappa shape index (κ1) is 13.4. The number of amides is 1. The molecule has 0 saturated carbocycles. The van der Waals surface area contributed by atoms with Gasteiger partial charge < -0.3 is 5.32 Å². The van der Waals surface area contributed by atoms with E-state index in [-0.39, 0.29) is 5.91 Å². The van der Waals surface area contributed by atoms with E-state index in [2.05, 4.69) is 12.2 Å². The highest BCUT2D eigenvalue weighted by atomic mass is 16.1. The predicted octanol–water partition coefficient (Wildman–Crippen LogP) is 3.41. The molecular weight excluding hydrogens is 214 g/mol. The molecule has 0 aliphatic rings. The molecule has 0 atom stereocenters. The fraction of sp³-hybridized carbons (Fsp3) is 0.429.